The minimum Gasteiger partial charge on any atom is -0.326 e. The maximum absolute atomic E-state index is 12.8. The third-order valence-electron chi connectivity index (χ3n) is 5.19. The number of hydrogen-bond acceptors (Lipinski definition) is 3. The largest absolute Gasteiger partial charge is 0.326 e. The van der Waals surface area contributed by atoms with E-state index in [1.165, 1.54) is 9.87 Å². The summed E-state index contributed by atoms with van der Waals surface area (Å²) in [6.07, 6.45) is 1.39. The summed E-state index contributed by atoms with van der Waals surface area (Å²) in [7, 11) is -3.44. The summed E-state index contributed by atoms with van der Waals surface area (Å²) in [6, 6.07) is 17.0. The van der Waals surface area contributed by atoms with Crippen LogP contribution in [0.1, 0.15) is 43.7 Å². The highest BCUT2D eigenvalue weighted by molar-refractivity contribution is 7.88. The van der Waals surface area contributed by atoms with Gasteiger partial charge < -0.3 is 5.32 Å². The van der Waals surface area contributed by atoms with Gasteiger partial charge in [-0.1, -0.05) is 56.3 Å². The Bertz CT molecular complexity index is 893. The molecule has 2 aromatic rings. The summed E-state index contributed by atoms with van der Waals surface area (Å²) in [5, 5.41) is 2.94. The van der Waals surface area contributed by atoms with Crippen LogP contribution >= 0.6 is 0 Å². The van der Waals surface area contributed by atoms with Crippen LogP contribution in [0.3, 0.4) is 0 Å². The quantitative estimate of drug-likeness (QED) is 0.797. The van der Waals surface area contributed by atoms with E-state index < -0.39 is 10.0 Å². The van der Waals surface area contributed by atoms with Gasteiger partial charge in [0.25, 0.3) is 0 Å². The zero-order valence-corrected chi connectivity index (χ0v) is 17.3. The Hall–Kier alpha value is -2.18. The lowest BCUT2D eigenvalue weighted by molar-refractivity contribution is -0.120. The van der Waals surface area contributed by atoms with Crippen molar-refractivity contribution in [1.82, 2.24) is 4.31 Å². The van der Waals surface area contributed by atoms with E-state index >= 15 is 0 Å². The van der Waals surface area contributed by atoms with Gasteiger partial charge in [0.05, 0.1) is 11.7 Å². The molecule has 1 N–H and O–H groups in total. The molecule has 1 heterocycles. The van der Waals surface area contributed by atoms with Crippen LogP contribution in [0.25, 0.3) is 0 Å². The predicted octanol–water partition coefficient (Wildman–Crippen LogP) is 3.99. The smallest absolute Gasteiger partial charge is 0.228 e. The number of hydrogen-bond donors (Lipinski definition) is 1. The molecular weight excluding hydrogens is 372 g/mol. The summed E-state index contributed by atoms with van der Waals surface area (Å²) >= 11 is 0. The van der Waals surface area contributed by atoms with Gasteiger partial charge in [0.2, 0.25) is 15.9 Å². The molecule has 0 spiro atoms. The zero-order chi connectivity index (χ0) is 20.1. The van der Waals surface area contributed by atoms with E-state index in [1.807, 2.05) is 54.6 Å². The molecule has 1 fully saturated rings. The standard InChI is InChI=1S/C22H28N2O3S/c1-17(2)19-10-12-21(13-11-19)23-22(25)20-9-6-14-24(15-20)28(26,27)16-18-7-4-3-5-8-18/h3-5,7-8,10-13,17,20H,6,9,14-16H2,1-2H3,(H,23,25)/t20-/m0/s1. The Morgan fingerprint density at radius 3 is 2.43 bits per heavy atom. The van der Waals surface area contributed by atoms with Crippen LogP contribution in [0, 0.1) is 5.92 Å². The first-order valence-corrected chi connectivity index (χ1v) is 11.4. The lowest BCUT2D eigenvalue weighted by Gasteiger charge is -2.31. The molecule has 150 valence electrons. The molecule has 0 unspecified atom stereocenters. The van der Waals surface area contributed by atoms with E-state index in [2.05, 4.69) is 19.2 Å². The van der Waals surface area contributed by atoms with Crippen LogP contribution < -0.4 is 5.32 Å². The topological polar surface area (TPSA) is 66.5 Å². The molecule has 1 aliphatic heterocycles. The van der Waals surface area contributed by atoms with E-state index in [0.717, 1.165) is 11.3 Å². The maximum atomic E-state index is 12.8. The van der Waals surface area contributed by atoms with Gasteiger partial charge in [-0.05, 0) is 42.0 Å². The van der Waals surface area contributed by atoms with Crippen molar-refractivity contribution in [2.75, 3.05) is 18.4 Å². The van der Waals surface area contributed by atoms with Crippen LogP contribution in [0.5, 0.6) is 0 Å². The third kappa shape index (κ3) is 5.20. The molecule has 0 saturated carbocycles. The van der Waals surface area contributed by atoms with Gasteiger partial charge in [-0.2, -0.15) is 0 Å². The Morgan fingerprint density at radius 2 is 1.79 bits per heavy atom. The summed E-state index contributed by atoms with van der Waals surface area (Å²) in [5.74, 6) is -0.0359. The summed E-state index contributed by atoms with van der Waals surface area (Å²) in [4.78, 5) is 12.7. The molecule has 0 bridgehead atoms. The molecule has 28 heavy (non-hydrogen) atoms. The molecular formula is C22H28N2O3S. The van der Waals surface area contributed by atoms with Gasteiger partial charge >= 0.3 is 0 Å². The summed E-state index contributed by atoms with van der Waals surface area (Å²) in [5.41, 5.74) is 2.73. The number of nitrogens with zero attached hydrogens (tertiary/aromatic N) is 1. The summed E-state index contributed by atoms with van der Waals surface area (Å²) in [6.45, 7) is 4.97. The van der Waals surface area contributed by atoms with E-state index in [1.54, 1.807) is 0 Å². The SMILES string of the molecule is CC(C)c1ccc(NC(=O)[C@H]2CCCN(S(=O)(=O)Cc3ccccc3)C2)cc1. The fourth-order valence-electron chi connectivity index (χ4n) is 3.48. The second-order valence-corrected chi connectivity index (χ2v) is 9.67. The first kappa shape index (κ1) is 20.6. The van der Waals surface area contributed by atoms with Crippen molar-refractivity contribution in [3.63, 3.8) is 0 Å². The van der Waals surface area contributed by atoms with Gasteiger partial charge in [-0.15, -0.1) is 0 Å². The van der Waals surface area contributed by atoms with E-state index in [4.69, 9.17) is 0 Å². The fourth-order valence-corrected chi connectivity index (χ4v) is 5.09. The Kier molecular flexibility index (Phi) is 6.52. The average Bonchev–Trinajstić information content (AvgIpc) is 2.69. The third-order valence-corrected chi connectivity index (χ3v) is 7.00. The molecule has 3 rings (SSSR count). The highest BCUT2D eigenvalue weighted by atomic mass is 32.2. The van der Waals surface area contributed by atoms with Crippen molar-refractivity contribution in [3.05, 3.63) is 65.7 Å². The number of sulfonamides is 1. The predicted molar refractivity (Wildman–Crippen MR) is 113 cm³/mol. The monoisotopic (exact) mass is 400 g/mol. The van der Waals surface area contributed by atoms with Gasteiger partial charge in [0.15, 0.2) is 0 Å². The first-order chi connectivity index (χ1) is 13.3. The normalized spacial score (nSPS) is 18.2. The molecule has 1 aliphatic rings. The molecule has 5 nitrogen and oxygen atoms in total. The highest BCUT2D eigenvalue weighted by Crippen LogP contribution is 2.23. The first-order valence-electron chi connectivity index (χ1n) is 9.78. The van der Waals surface area contributed by atoms with Crippen molar-refractivity contribution in [2.24, 2.45) is 5.92 Å². The summed E-state index contributed by atoms with van der Waals surface area (Å²) < 4.78 is 27.0. The maximum Gasteiger partial charge on any atom is 0.228 e. The molecule has 1 amide bonds. The Labute approximate surface area is 167 Å². The van der Waals surface area contributed by atoms with Crippen LogP contribution in [-0.4, -0.2) is 31.7 Å². The molecule has 0 radical (unpaired) electrons. The highest BCUT2D eigenvalue weighted by Gasteiger charge is 2.32. The average molecular weight is 401 g/mol. The molecule has 2 aromatic carbocycles. The number of piperidine rings is 1. The molecule has 0 aromatic heterocycles. The van der Waals surface area contributed by atoms with Crippen molar-refractivity contribution < 1.29 is 13.2 Å². The van der Waals surface area contributed by atoms with Crippen LogP contribution in [0.4, 0.5) is 5.69 Å². The van der Waals surface area contributed by atoms with E-state index in [9.17, 15) is 13.2 Å². The van der Waals surface area contributed by atoms with E-state index in [-0.39, 0.29) is 24.1 Å². The lowest BCUT2D eigenvalue weighted by Crippen LogP contribution is -2.44. The Balaban J connectivity index is 1.62. The van der Waals surface area contributed by atoms with Gasteiger partial charge in [0, 0.05) is 18.8 Å². The van der Waals surface area contributed by atoms with Gasteiger partial charge in [-0.3, -0.25) is 4.79 Å². The lowest BCUT2D eigenvalue weighted by atomic mass is 9.98. The van der Waals surface area contributed by atoms with Crippen molar-refractivity contribution >= 4 is 21.6 Å². The number of amides is 1. The number of rotatable bonds is 6. The van der Waals surface area contributed by atoms with Crippen molar-refractivity contribution in [2.45, 2.75) is 38.4 Å². The molecule has 1 atom stereocenters. The fraction of sp³-hybridized carbons (Fsp3) is 0.409. The van der Waals surface area contributed by atoms with Crippen molar-refractivity contribution in [3.8, 4) is 0 Å². The minimum absolute atomic E-state index is 0.0289. The number of benzene rings is 2. The second kappa shape index (κ2) is 8.88. The Morgan fingerprint density at radius 1 is 1.11 bits per heavy atom. The number of nitrogens with one attached hydrogen (secondary N) is 1. The molecule has 1 saturated heterocycles. The van der Waals surface area contributed by atoms with Crippen molar-refractivity contribution in [1.29, 1.82) is 0 Å². The van der Waals surface area contributed by atoms with Crippen LogP contribution in [0.15, 0.2) is 54.6 Å². The number of carbonyl (C=O) groups excluding carboxylic acids is 1. The molecule has 6 heteroatoms. The minimum atomic E-state index is -3.44. The second-order valence-electron chi connectivity index (χ2n) is 7.70. The van der Waals surface area contributed by atoms with E-state index in [0.29, 0.717) is 25.3 Å². The number of anilines is 1. The zero-order valence-electron chi connectivity index (χ0n) is 16.5. The van der Waals surface area contributed by atoms with Crippen LogP contribution in [-0.2, 0) is 20.6 Å². The number of carbonyl (C=O) groups is 1. The van der Waals surface area contributed by atoms with Crippen LogP contribution in [0.2, 0.25) is 0 Å². The van der Waals surface area contributed by atoms with Gasteiger partial charge in [0.1, 0.15) is 0 Å². The van der Waals surface area contributed by atoms with Gasteiger partial charge in [-0.25, -0.2) is 12.7 Å². The molecule has 0 aliphatic carbocycles.